The summed E-state index contributed by atoms with van der Waals surface area (Å²) in [6.07, 6.45) is 4.90. The molecule has 1 aromatic rings. The number of carbonyl (C=O) groups excluding carboxylic acids is 1. The Bertz CT molecular complexity index is 642. The second kappa shape index (κ2) is 5.75. The highest BCUT2D eigenvalue weighted by Gasteiger charge is 2.33. The molecule has 1 atom stereocenters. The lowest BCUT2D eigenvalue weighted by atomic mass is 9.70. The van der Waals surface area contributed by atoms with Crippen LogP contribution in [0.1, 0.15) is 67.1 Å². The van der Waals surface area contributed by atoms with Crippen molar-refractivity contribution in [1.29, 1.82) is 0 Å². The van der Waals surface area contributed by atoms with Crippen LogP contribution in [0.5, 0.6) is 0 Å². The van der Waals surface area contributed by atoms with Crippen molar-refractivity contribution in [3.8, 4) is 0 Å². The first-order valence-corrected chi connectivity index (χ1v) is 7.98. The van der Waals surface area contributed by atoms with Gasteiger partial charge >= 0.3 is 0 Å². The van der Waals surface area contributed by atoms with E-state index in [2.05, 4.69) is 29.2 Å². The Kier molecular flexibility index (Phi) is 3.94. The van der Waals surface area contributed by atoms with Gasteiger partial charge in [0.25, 0.3) is 0 Å². The van der Waals surface area contributed by atoms with Crippen LogP contribution in [0.4, 0.5) is 0 Å². The summed E-state index contributed by atoms with van der Waals surface area (Å²) in [7, 11) is 0. The highest BCUT2D eigenvalue weighted by atomic mass is 16.1. The molecular weight excluding hydrogens is 276 g/mol. The van der Waals surface area contributed by atoms with E-state index in [1.54, 1.807) is 6.07 Å². The second-order valence-electron chi connectivity index (χ2n) is 7.12. The topological polar surface area (TPSA) is 77.9 Å². The molecule has 0 bridgehead atoms. The molecule has 116 valence electrons. The third-order valence-electron chi connectivity index (χ3n) is 4.95. The molecule has 0 aromatic heterocycles. The van der Waals surface area contributed by atoms with E-state index in [-0.39, 0.29) is 5.41 Å². The van der Waals surface area contributed by atoms with E-state index in [9.17, 15) is 4.79 Å². The average Bonchev–Trinajstić information content (AvgIpc) is 3.31. The normalized spacial score (nSPS) is 22.5. The molecular formula is C17H22N4O. The van der Waals surface area contributed by atoms with Crippen LogP contribution in [0.3, 0.4) is 0 Å². The van der Waals surface area contributed by atoms with Gasteiger partial charge in [-0.05, 0) is 71.4 Å². The summed E-state index contributed by atoms with van der Waals surface area (Å²) in [6.45, 7) is 5.51. The number of benzene rings is 1. The number of carbonyl (C=O) groups is 1. The van der Waals surface area contributed by atoms with Crippen molar-refractivity contribution in [3.63, 3.8) is 0 Å². The maximum atomic E-state index is 11.8. The molecule has 0 saturated heterocycles. The van der Waals surface area contributed by atoms with Gasteiger partial charge in [0.05, 0.1) is 0 Å². The Labute approximate surface area is 130 Å². The third-order valence-corrected chi connectivity index (χ3v) is 4.95. The molecule has 2 aliphatic rings. The Hall–Kier alpha value is -1.84. The van der Waals surface area contributed by atoms with Crippen molar-refractivity contribution in [2.45, 2.75) is 51.0 Å². The van der Waals surface area contributed by atoms with Crippen molar-refractivity contribution >= 4 is 5.91 Å². The maximum Gasteiger partial charge on any atom is 0.249 e. The van der Waals surface area contributed by atoms with Gasteiger partial charge in [-0.2, -0.15) is 0 Å². The predicted molar refractivity (Wildman–Crippen MR) is 85.6 cm³/mol. The minimum Gasteiger partial charge on any atom is -0.310 e. The zero-order valence-corrected chi connectivity index (χ0v) is 13.2. The van der Waals surface area contributed by atoms with Crippen LogP contribution in [0.15, 0.2) is 23.3 Å². The molecule has 1 fully saturated rings. The van der Waals surface area contributed by atoms with Crippen LogP contribution in [-0.4, -0.2) is 12.5 Å². The van der Waals surface area contributed by atoms with Crippen molar-refractivity contribution in [1.82, 2.24) is 5.32 Å². The van der Waals surface area contributed by atoms with Crippen molar-refractivity contribution in [2.24, 2.45) is 11.0 Å². The number of rotatable bonds is 4. The summed E-state index contributed by atoms with van der Waals surface area (Å²) >= 11 is 0. The number of hydrogen-bond donors (Lipinski definition) is 1. The van der Waals surface area contributed by atoms with Gasteiger partial charge in [0, 0.05) is 16.5 Å². The molecule has 5 nitrogen and oxygen atoms in total. The molecule has 2 aliphatic carbocycles. The van der Waals surface area contributed by atoms with Gasteiger partial charge < -0.3 is 5.32 Å². The molecule has 1 aromatic carbocycles. The molecule has 1 saturated carbocycles. The SMILES string of the molecule is CC1(C)CCC(NCC2CC2)c2ccc(C(=O)N=[N+]=[N-])cc21. The highest BCUT2D eigenvalue weighted by molar-refractivity contribution is 5.95. The fourth-order valence-electron chi connectivity index (χ4n) is 3.32. The summed E-state index contributed by atoms with van der Waals surface area (Å²) in [5, 5.41) is 6.89. The molecule has 1 amide bonds. The first-order valence-electron chi connectivity index (χ1n) is 7.98. The Balaban J connectivity index is 1.91. The van der Waals surface area contributed by atoms with Crippen LogP contribution < -0.4 is 5.32 Å². The van der Waals surface area contributed by atoms with Crippen LogP contribution in [-0.2, 0) is 5.41 Å². The minimum absolute atomic E-state index is 0.0414. The second-order valence-corrected chi connectivity index (χ2v) is 7.12. The number of amides is 1. The standard InChI is InChI=1S/C17H22N4O/c1-17(2)8-7-15(19-10-11-3-4-11)13-6-5-12(9-14(13)17)16(22)20-21-18/h5-6,9,11,15,19H,3-4,7-8,10H2,1-2H3. The maximum absolute atomic E-state index is 11.8. The lowest BCUT2D eigenvalue weighted by Gasteiger charge is -2.38. The van der Waals surface area contributed by atoms with Crippen LogP contribution in [0.25, 0.3) is 10.4 Å². The van der Waals surface area contributed by atoms with Crippen molar-refractivity contribution in [3.05, 3.63) is 45.3 Å². The monoisotopic (exact) mass is 298 g/mol. The van der Waals surface area contributed by atoms with Gasteiger partial charge in [-0.3, -0.25) is 4.79 Å². The first kappa shape index (κ1) is 15.1. The van der Waals surface area contributed by atoms with E-state index in [0.717, 1.165) is 25.3 Å². The van der Waals surface area contributed by atoms with Gasteiger partial charge in [-0.1, -0.05) is 26.0 Å². The van der Waals surface area contributed by atoms with E-state index in [4.69, 9.17) is 5.53 Å². The van der Waals surface area contributed by atoms with Crippen molar-refractivity contribution in [2.75, 3.05) is 6.54 Å². The summed E-state index contributed by atoms with van der Waals surface area (Å²) < 4.78 is 0. The molecule has 0 radical (unpaired) electrons. The molecule has 0 spiro atoms. The van der Waals surface area contributed by atoms with Gasteiger partial charge in [0.15, 0.2) is 0 Å². The molecule has 3 rings (SSSR count). The number of nitrogens with zero attached hydrogens (tertiary/aromatic N) is 3. The van der Waals surface area contributed by atoms with Crippen molar-refractivity contribution < 1.29 is 4.79 Å². The van der Waals surface area contributed by atoms with Gasteiger partial charge in [-0.15, -0.1) is 0 Å². The average molecular weight is 298 g/mol. The smallest absolute Gasteiger partial charge is 0.249 e. The summed E-state index contributed by atoms with van der Waals surface area (Å²) in [5.74, 6) is 0.346. The minimum atomic E-state index is -0.505. The lowest BCUT2D eigenvalue weighted by molar-refractivity contribution is 0.1000. The van der Waals surface area contributed by atoms with E-state index in [1.807, 2.05) is 12.1 Å². The molecule has 0 heterocycles. The number of nitrogens with one attached hydrogen (secondary N) is 1. The zero-order valence-electron chi connectivity index (χ0n) is 13.2. The van der Waals surface area contributed by atoms with Gasteiger partial charge in [0.1, 0.15) is 0 Å². The summed E-state index contributed by atoms with van der Waals surface area (Å²) in [6, 6.07) is 6.09. The van der Waals surface area contributed by atoms with Crippen LogP contribution in [0, 0.1) is 5.92 Å². The van der Waals surface area contributed by atoms with E-state index >= 15 is 0 Å². The molecule has 0 aliphatic heterocycles. The number of hydrogen-bond acceptors (Lipinski definition) is 2. The number of fused-ring (bicyclic) bond motifs is 1. The lowest BCUT2D eigenvalue weighted by Crippen LogP contribution is -2.33. The largest absolute Gasteiger partial charge is 0.310 e. The van der Waals surface area contributed by atoms with Crippen LogP contribution >= 0.6 is 0 Å². The third kappa shape index (κ3) is 3.01. The van der Waals surface area contributed by atoms with E-state index in [1.165, 1.54) is 24.0 Å². The predicted octanol–water partition coefficient (Wildman–Crippen LogP) is 4.25. The molecule has 1 unspecified atom stereocenters. The summed E-state index contributed by atoms with van der Waals surface area (Å²) in [5.41, 5.74) is 11.4. The highest BCUT2D eigenvalue weighted by Crippen LogP contribution is 2.42. The fraction of sp³-hybridized carbons (Fsp3) is 0.588. The quantitative estimate of drug-likeness (QED) is 0.512. The first-order chi connectivity index (χ1) is 10.5. The molecule has 1 N–H and O–H groups in total. The van der Waals surface area contributed by atoms with Gasteiger partial charge in [0.2, 0.25) is 5.91 Å². The van der Waals surface area contributed by atoms with E-state index < -0.39 is 5.91 Å². The number of azide groups is 1. The van der Waals surface area contributed by atoms with Gasteiger partial charge in [-0.25, -0.2) is 0 Å². The Morgan fingerprint density at radius 2 is 2.18 bits per heavy atom. The fourth-order valence-corrected chi connectivity index (χ4v) is 3.32. The Morgan fingerprint density at radius 3 is 2.86 bits per heavy atom. The zero-order chi connectivity index (χ0) is 15.7. The Morgan fingerprint density at radius 1 is 1.41 bits per heavy atom. The molecule has 5 heteroatoms. The molecule has 22 heavy (non-hydrogen) atoms. The van der Waals surface area contributed by atoms with Crippen LogP contribution in [0.2, 0.25) is 0 Å². The summed E-state index contributed by atoms with van der Waals surface area (Å²) in [4.78, 5) is 14.4. The van der Waals surface area contributed by atoms with E-state index in [0.29, 0.717) is 11.6 Å².